The van der Waals surface area contributed by atoms with Gasteiger partial charge in [-0.25, -0.2) is 9.59 Å². The third kappa shape index (κ3) is 5.92. The molecule has 0 aromatic heterocycles. The van der Waals surface area contributed by atoms with E-state index in [0.29, 0.717) is 0 Å². The van der Waals surface area contributed by atoms with Gasteiger partial charge in [-0.3, -0.25) is 9.89 Å². The molecule has 3 aromatic rings. The van der Waals surface area contributed by atoms with Crippen molar-refractivity contribution in [2.75, 3.05) is 33.2 Å². The van der Waals surface area contributed by atoms with Crippen LogP contribution in [-0.2, 0) is 16.1 Å². The van der Waals surface area contributed by atoms with Gasteiger partial charge in [0.25, 0.3) is 0 Å². The summed E-state index contributed by atoms with van der Waals surface area (Å²) in [4.78, 5) is 27.7. The van der Waals surface area contributed by atoms with E-state index in [1.54, 1.807) is 0 Å². The Balaban J connectivity index is 0.000000427. The van der Waals surface area contributed by atoms with E-state index >= 15 is 0 Å². The Bertz CT molecular complexity index is 1070. The number of amidine groups is 1. The number of carboxylic acids is 2. The highest BCUT2D eigenvalue weighted by atomic mass is 16.4. The van der Waals surface area contributed by atoms with E-state index in [4.69, 9.17) is 19.8 Å². The van der Waals surface area contributed by atoms with Crippen molar-refractivity contribution in [3.8, 4) is 0 Å². The lowest BCUT2D eigenvalue weighted by Crippen LogP contribution is -2.48. The lowest BCUT2D eigenvalue weighted by molar-refractivity contribution is -0.159. The molecule has 1 fully saturated rings. The van der Waals surface area contributed by atoms with Gasteiger partial charge in [-0.15, -0.1) is 0 Å². The van der Waals surface area contributed by atoms with Gasteiger partial charge in [-0.2, -0.15) is 0 Å². The fourth-order valence-corrected chi connectivity index (χ4v) is 3.83. The molecule has 2 N–H and O–H groups in total. The van der Waals surface area contributed by atoms with Crippen LogP contribution in [0.3, 0.4) is 0 Å². The summed E-state index contributed by atoms with van der Waals surface area (Å²) in [7, 11) is 1.89. The second kappa shape index (κ2) is 11.1. The van der Waals surface area contributed by atoms with E-state index in [1.807, 2.05) is 7.05 Å². The third-order valence-corrected chi connectivity index (χ3v) is 5.37. The van der Waals surface area contributed by atoms with Crippen LogP contribution >= 0.6 is 0 Å². The predicted octanol–water partition coefficient (Wildman–Crippen LogP) is 3.19. The zero-order valence-electron chi connectivity index (χ0n) is 18.0. The van der Waals surface area contributed by atoms with Crippen molar-refractivity contribution in [1.29, 1.82) is 0 Å². The standard InChI is InChI=1S/C23H25N3.C2H2O4/c1-24-23(20-9-3-2-4-10-20)26-16-14-25(15-17-26)18-21-12-7-11-19-8-5-6-13-22(19)21;3-1(4)2(5)6/h2-13H,14-18H2,1H3;(H,3,4)(H,5,6). The van der Waals surface area contributed by atoms with E-state index in [1.165, 1.54) is 21.9 Å². The van der Waals surface area contributed by atoms with Crippen LogP contribution in [0.25, 0.3) is 10.8 Å². The van der Waals surface area contributed by atoms with Crippen LogP contribution in [-0.4, -0.2) is 71.0 Å². The van der Waals surface area contributed by atoms with Gasteiger partial charge in [0.2, 0.25) is 0 Å². The van der Waals surface area contributed by atoms with Crippen LogP contribution in [0, 0.1) is 0 Å². The normalized spacial score (nSPS) is 14.5. The molecule has 0 atom stereocenters. The first-order valence-corrected chi connectivity index (χ1v) is 10.4. The number of piperazine rings is 1. The highest BCUT2D eigenvalue weighted by Crippen LogP contribution is 2.21. The van der Waals surface area contributed by atoms with Gasteiger partial charge in [0.15, 0.2) is 0 Å². The Morgan fingerprint density at radius 1 is 0.812 bits per heavy atom. The van der Waals surface area contributed by atoms with Gasteiger partial charge >= 0.3 is 11.9 Å². The van der Waals surface area contributed by atoms with Crippen LogP contribution in [0.1, 0.15) is 11.1 Å². The first-order chi connectivity index (χ1) is 15.5. The fraction of sp³-hybridized carbons (Fsp3) is 0.240. The van der Waals surface area contributed by atoms with E-state index in [-0.39, 0.29) is 0 Å². The molecule has 1 saturated heterocycles. The molecule has 166 valence electrons. The van der Waals surface area contributed by atoms with E-state index in [2.05, 4.69) is 87.6 Å². The Kier molecular flexibility index (Phi) is 7.94. The molecule has 3 aromatic carbocycles. The number of aliphatic imine (C=N–C) groups is 1. The van der Waals surface area contributed by atoms with Gasteiger partial charge in [0.05, 0.1) is 0 Å². The average Bonchev–Trinajstić information content (AvgIpc) is 2.82. The molecule has 0 aliphatic carbocycles. The van der Waals surface area contributed by atoms with Crippen molar-refractivity contribution in [3.05, 3.63) is 83.9 Å². The predicted molar refractivity (Wildman–Crippen MR) is 125 cm³/mol. The van der Waals surface area contributed by atoms with Crippen molar-refractivity contribution in [2.45, 2.75) is 6.54 Å². The quantitative estimate of drug-likeness (QED) is 0.374. The molecule has 1 aliphatic rings. The number of carboxylic acid groups (broad SMARTS) is 2. The maximum absolute atomic E-state index is 9.10. The molecule has 0 unspecified atom stereocenters. The lowest BCUT2D eigenvalue weighted by Gasteiger charge is -2.36. The molecule has 7 heteroatoms. The van der Waals surface area contributed by atoms with Gasteiger partial charge in [-0.05, 0) is 16.3 Å². The number of rotatable bonds is 3. The third-order valence-electron chi connectivity index (χ3n) is 5.37. The monoisotopic (exact) mass is 433 g/mol. The Hall–Kier alpha value is -3.71. The van der Waals surface area contributed by atoms with Crippen LogP contribution in [0.5, 0.6) is 0 Å². The number of nitrogens with zero attached hydrogens (tertiary/aromatic N) is 3. The summed E-state index contributed by atoms with van der Waals surface area (Å²) in [5, 5.41) is 17.5. The summed E-state index contributed by atoms with van der Waals surface area (Å²) in [5.41, 5.74) is 2.63. The summed E-state index contributed by atoms with van der Waals surface area (Å²) in [5.74, 6) is -2.54. The van der Waals surface area contributed by atoms with Crippen LogP contribution < -0.4 is 0 Å². The number of carbonyl (C=O) groups is 2. The summed E-state index contributed by atoms with van der Waals surface area (Å²) >= 11 is 0. The van der Waals surface area contributed by atoms with Gasteiger partial charge in [0.1, 0.15) is 5.84 Å². The molecule has 32 heavy (non-hydrogen) atoms. The highest BCUT2D eigenvalue weighted by Gasteiger charge is 2.20. The summed E-state index contributed by atoms with van der Waals surface area (Å²) in [6.07, 6.45) is 0. The first kappa shape index (κ1) is 23.0. The summed E-state index contributed by atoms with van der Waals surface area (Å²) < 4.78 is 0. The van der Waals surface area contributed by atoms with Crippen molar-refractivity contribution in [3.63, 3.8) is 0 Å². The van der Waals surface area contributed by atoms with Crippen molar-refractivity contribution in [1.82, 2.24) is 9.80 Å². The zero-order chi connectivity index (χ0) is 22.9. The fourth-order valence-electron chi connectivity index (χ4n) is 3.83. The minimum absolute atomic E-state index is 1.01. The Morgan fingerprint density at radius 2 is 1.41 bits per heavy atom. The largest absolute Gasteiger partial charge is 0.473 e. The number of benzene rings is 3. The van der Waals surface area contributed by atoms with Crippen LogP contribution in [0.2, 0.25) is 0 Å². The van der Waals surface area contributed by atoms with Crippen LogP contribution in [0.15, 0.2) is 77.8 Å². The van der Waals surface area contributed by atoms with Gasteiger partial charge in [0, 0.05) is 45.3 Å². The smallest absolute Gasteiger partial charge is 0.414 e. The number of fused-ring (bicyclic) bond motifs is 1. The molecule has 1 heterocycles. The molecule has 0 saturated carbocycles. The molecule has 0 radical (unpaired) electrons. The summed E-state index contributed by atoms with van der Waals surface area (Å²) in [6.45, 7) is 5.18. The Morgan fingerprint density at radius 3 is 2.03 bits per heavy atom. The second-order valence-corrected chi connectivity index (χ2v) is 7.43. The van der Waals surface area contributed by atoms with Gasteiger partial charge in [-0.1, -0.05) is 72.8 Å². The molecule has 1 aliphatic heterocycles. The number of hydrogen-bond donors (Lipinski definition) is 2. The molecular weight excluding hydrogens is 406 g/mol. The molecule has 4 rings (SSSR count). The number of aliphatic carboxylic acids is 2. The van der Waals surface area contributed by atoms with Gasteiger partial charge < -0.3 is 15.1 Å². The average molecular weight is 434 g/mol. The maximum atomic E-state index is 9.10. The van der Waals surface area contributed by atoms with E-state index in [9.17, 15) is 0 Å². The molecular formula is C25H27N3O4. The molecule has 7 nitrogen and oxygen atoms in total. The zero-order valence-corrected chi connectivity index (χ0v) is 18.0. The molecule has 0 bridgehead atoms. The van der Waals surface area contributed by atoms with Crippen molar-refractivity contribution < 1.29 is 19.8 Å². The van der Waals surface area contributed by atoms with E-state index < -0.39 is 11.9 Å². The van der Waals surface area contributed by atoms with Crippen molar-refractivity contribution in [2.24, 2.45) is 4.99 Å². The minimum atomic E-state index is -1.82. The second-order valence-electron chi connectivity index (χ2n) is 7.43. The van der Waals surface area contributed by atoms with Crippen molar-refractivity contribution >= 4 is 28.5 Å². The Labute approximate surface area is 187 Å². The lowest BCUT2D eigenvalue weighted by atomic mass is 10.0. The highest BCUT2D eigenvalue weighted by molar-refractivity contribution is 6.27. The first-order valence-electron chi connectivity index (χ1n) is 10.4. The summed E-state index contributed by atoms with van der Waals surface area (Å²) in [6, 6.07) is 25.8. The topological polar surface area (TPSA) is 93.4 Å². The maximum Gasteiger partial charge on any atom is 0.414 e. The SMILES string of the molecule is CN=C(c1ccccc1)N1CCN(Cc2cccc3ccccc23)CC1.O=C(O)C(=O)O. The molecule has 0 amide bonds. The van der Waals surface area contributed by atoms with E-state index in [0.717, 1.165) is 38.6 Å². The minimum Gasteiger partial charge on any atom is -0.473 e. The van der Waals surface area contributed by atoms with Crippen LogP contribution in [0.4, 0.5) is 0 Å². The number of hydrogen-bond acceptors (Lipinski definition) is 4. The molecule has 0 spiro atoms.